The van der Waals surface area contributed by atoms with Gasteiger partial charge in [-0.25, -0.2) is 9.50 Å². The summed E-state index contributed by atoms with van der Waals surface area (Å²) < 4.78 is 1.89. The van der Waals surface area contributed by atoms with Gasteiger partial charge in [0.25, 0.3) is 0 Å². The van der Waals surface area contributed by atoms with Crippen LogP contribution in [0.4, 0.5) is 5.13 Å². The molecule has 0 saturated heterocycles. The summed E-state index contributed by atoms with van der Waals surface area (Å²) in [7, 11) is 2.07. The van der Waals surface area contributed by atoms with E-state index in [0.29, 0.717) is 0 Å². The number of imidazole rings is 1. The van der Waals surface area contributed by atoms with Crippen LogP contribution in [0.25, 0.3) is 4.96 Å². The molecule has 0 amide bonds. The summed E-state index contributed by atoms with van der Waals surface area (Å²) in [5.74, 6) is 0. The lowest BCUT2D eigenvalue weighted by molar-refractivity contribution is 0.572. The highest BCUT2D eigenvalue weighted by Crippen LogP contribution is 2.28. The van der Waals surface area contributed by atoms with Crippen molar-refractivity contribution in [2.75, 3.05) is 11.9 Å². The van der Waals surface area contributed by atoms with Crippen LogP contribution in [0, 0.1) is 0 Å². The van der Waals surface area contributed by atoms with Gasteiger partial charge in [-0.15, -0.1) is 16.4 Å². The fourth-order valence-corrected chi connectivity index (χ4v) is 3.51. The highest BCUT2D eigenvalue weighted by molar-refractivity contribution is 7.20. The average Bonchev–Trinajstić information content (AvgIpc) is 3.00. The lowest BCUT2D eigenvalue weighted by Gasteiger charge is -2.14. The minimum Gasteiger partial charge on any atom is -0.345 e. The first-order valence-electron chi connectivity index (χ1n) is 6.54. The van der Waals surface area contributed by atoms with Crippen molar-refractivity contribution in [3.05, 3.63) is 34.3 Å². The van der Waals surface area contributed by atoms with E-state index in [-0.39, 0.29) is 5.41 Å². The second kappa shape index (κ2) is 4.86. The Bertz CT molecular complexity index is 672. The van der Waals surface area contributed by atoms with Crippen LogP contribution in [-0.4, -0.2) is 21.6 Å². The molecule has 0 atom stereocenters. The van der Waals surface area contributed by atoms with Crippen molar-refractivity contribution >= 4 is 32.8 Å². The zero-order valence-electron chi connectivity index (χ0n) is 12.1. The van der Waals surface area contributed by atoms with Crippen molar-refractivity contribution in [3.63, 3.8) is 0 Å². The van der Waals surface area contributed by atoms with Gasteiger partial charge in [-0.05, 0) is 11.4 Å². The molecule has 4 nitrogen and oxygen atoms in total. The number of thiophene rings is 1. The molecule has 0 radical (unpaired) electrons. The molecule has 3 heterocycles. The second-order valence-electron chi connectivity index (χ2n) is 5.92. The molecular weight excluding hydrogens is 288 g/mol. The third-order valence-corrected chi connectivity index (χ3v) is 5.00. The molecule has 6 heteroatoms. The SMILES string of the molecule is CN(Cc1cccs1)c1nn2cc(C(C)(C)C)nc2s1. The van der Waals surface area contributed by atoms with Crippen molar-refractivity contribution in [3.8, 4) is 0 Å². The summed E-state index contributed by atoms with van der Waals surface area (Å²) in [6.07, 6.45) is 2.04. The fourth-order valence-electron chi connectivity index (χ4n) is 1.91. The second-order valence-corrected chi connectivity index (χ2v) is 7.89. The first-order chi connectivity index (χ1) is 9.43. The van der Waals surface area contributed by atoms with E-state index in [2.05, 4.69) is 60.3 Å². The van der Waals surface area contributed by atoms with Crippen LogP contribution in [0.15, 0.2) is 23.7 Å². The third kappa shape index (κ3) is 2.58. The molecule has 0 spiro atoms. The Morgan fingerprint density at radius 1 is 1.35 bits per heavy atom. The van der Waals surface area contributed by atoms with E-state index in [9.17, 15) is 0 Å². The van der Waals surface area contributed by atoms with E-state index < -0.39 is 0 Å². The lowest BCUT2D eigenvalue weighted by atomic mass is 9.93. The molecule has 106 valence electrons. The maximum absolute atomic E-state index is 4.68. The van der Waals surface area contributed by atoms with Crippen molar-refractivity contribution in [1.82, 2.24) is 14.6 Å². The van der Waals surface area contributed by atoms with Crippen LogP contribution in [-0.2, 0) is 12.0 Å². The molecule has 3 aromatic rings. The largest absolute Gasteiger partial charge is 0.345 e. The number of aromatic nitrogens is 3. The molecule has 3 rings (SSSR count). The molecule has 0 unspecified atom stereocenters. The van der Waals surface area contributed by atoms with Crippen LogP contribution < -0.4 is 4.90 Å². The zero-order chi connectivity index (χ0) is 14.3. The first-order valence-corrected chi connectivity index (χ1v) is 8.23. The number of fused-ring (bicyclic) bond motifs is 1. The van der Waals surface area contributed by atoms with Gasteiger partial charge in [0.2, 0.25) is 10.1 Å². The minimum absolute atomic E-state index is 0.0659. The van der Waals surface area contributed by atoms with Crippen molar-refractivity contribution in [2.24, 2.45) is 0 Å². The number of hydrogen-bond donors (Lipinski definition) is 0. The van der Waals surface area contributed by atoms with Gasteiger partial charge in [-0.1, -0.05) is 38.2 Å². The summed E-state index contributed by atoms with van der Waals surface area (Å²) in [5, 5.41) is 7.74. The fraction of sp³-hybridized carbons (Fsp3) is 0.429. The van der Waals surface area contributed by atoms with Crippen LogP contribution in [0.5, 0.6) is 0 Å². The first kappa shape index (κ1) is 13.6. The van der Waals surface area contributed by atoms with Gasteiger partial charge in [0, 0.05) is 17.3 Å². The Kier molecular flexibility index (Phi) is 3.30. The van der Waals surface area contributed by atoms with Crippen molar-refractivity contribution < 1.29 is 0 Å². The smallest absolute Gasteiger partial charge is 0.214 e. The third-order valence-electron chi connectivity index (χ3n) is 3.10. The summed E-state index contributed by atoms with van der Waals surface area (Å²) in [4.78, 5) is 9.15. The molecule has 20 heavy (non-hydrogen) atoms. The molecule has 0 fully saturated rings. The molecule has 3 aromatic heterocycles. The average molecular weight is 306 g/mol. The molecule has 0 aliphatic carbocycles. The van der Waals surface area contributed by atoms with Gasteiger partial charge in [0.05, 0.1) is 18.4 Å². The Labute approximate surface area is 126 Å². The molecule has 0 aromatic carbocycles. The van der Waals surface area contributed by atoms with Gasteiger partial charge < -0.3 is 4.90 Å². The van der Waals surface area contributed by atoms with E-state index in [4.69, 9.17) is 0 Å². The lowest BCUT2D eigenvalue weighted by Crippen LogP contribution is -2.15. The van der Waals surface area contributed by atoms with Crippen LogP contribution in [0.3, 0.4) is 0 Å². The maximum atomic E-state index is 4.68. The van der Waals surface area contributed by atoms with Crippen LogP contribution >= 0.6 is 22.7 Å². The number of nitrogens with zero attached hydrogens (tertiary/aromatic N) is 4. The molecule has 0 aliphatic rings. The predicted molar refractivity (Wildman–Crippen MR) is 86.0 cm³/mol. The molecule has 0 bridgehead atoms. The quantitative estimate of drug-likeness (QED) is 0.738. The zero-order valence-corrected chi connectivity index (χ0v) is 13.8. The van der Waals surface area contributed by atoms with E-state index in [1.807, 2.05) is 10.7 Å². The standard InChI is InChI=1S/C14H18N4S2/c1-14(2,3)11-9-18-12(15-11)20-13(16-18)17(4)8-10-6-5-7-19-10/h5-7,9H,8H2,1-4H3. The van der Waals surface area contributed by atoms with E-state index in [0.717, 1.165) is 22.3 Å². The van der Waals surface area contributed by atoms with Gasteiger partial charge in [0.15, 0.2) is 0 Å². The summed E-state index contributed by atoms with van der Waals surface area (Å²) in [5.41, 5.74) is 1.15. The van der Waals surface area contributed by atoms with E-state index in [1.54, 1.807) is 22.7 Å². The number of hydrogen-bond acceptors (Lipinski definition) is 5. The Morgan fingerprint density at radius 2 is 2.15 bits per heavy atom. The monoisotopic (exact) mass is 306 g/mol. The Hall–Kier alpha value is -1.40. The maximum Gasteiger partial charge on any atom is 0.214 e. The topological polar surface area (TPSA) is 33.4 Å². The van der Waals surface area contributed by atoms with Crippen molar-refractivity contribution in [2.45, 2.75) is 32.7 Å². The molecular formula is C14H18N4S2. The summed E-state index contributed by atoms with van der Waals surface area (Å²) in [6.45, 7) is 7.40. The molecule has 0 aliphatic heterocycles. The minimum atomic E-state index is 0.0659. The van der Waals surface area contributed by atoms with Crippen molar-refractivity contribution in [1.29, 1.82) is 0 Å². The number of rotatable bonds is 3. The van der Waals surface area contributed by atoms with Crippen LogP contribution in [0.2, 0.25) is 0 Å². The highest BCUT2D eigenvalue weighted by atomic mass is 32.1. The highest BCUT2D eigenvalue weighted by Gasteiger charge is 2.20. The van der Waals surface area contributed by atoms with Gasteiger partial charge in [-0.3, -0.25) is 0 Å². The summed E-state index contributed by atoms with van der Waals surface area (Å²) >= 11 is 3.41. The predicted octanol–water partition coefficient (Wildman–Crippen LogP) is 3.79. The molecule has 0 N–H and O–H groups in total. The van der Waals surface area contributed by atoms with Gasteiger partial charge in [-0.2, -0.15) is 0 Å². The van der Waals surface area contributed by atoms with E-state index >= 15 is 0 Å². The van der Waals surface area contributed by atoms with Gasteiger partial charge in [0.1, 0.15) is 0 Å². The number of anilines is 1. The van der Waals surface area contributed by atoms with Crippen LogP contribution in [0.1, 0.15) is 31.3 Å². The van der Waals surface area contributed by atoms with Gasteiger partial charge >= 0.3 is 0 Å². The van der Waals surface area contributed by atoms with E-state index in [1.165, 1.54) is 4.88 Å². The molecule has 0 saturated carbocycles. The normalized spacial score (nSPS) is 12.2. The summed E-state index contributed by atoms with van der Waals surface area (Å²) in [6, 6.07) is 4.23. The Balaban J connectivity index is 1.84. The Morgan fingerprint density at radius 3 is 2.75 bits per heavy atom.